The molecule has 1 amide bonds. The minimum absolute atomic E-state index is 0.127. The summed E-state index contributed by atoms with van der Waals surface area (Å²) in [5.41, 5.74) is 1.33. The molecule has 0 bridgehead atoms. The van der Waals surface area contributed by atoms with Crippen LogP contribution < -0.4 is 5.32 Å². The topological polar surface area (TPSA) is 81.7 Å². The summed E-state index contributed by atoms with van der Waals surface area (Å²) >= 11 is 0. The van der Waals surface area contributed by atoms with Gasteiger partial charge in [-0.2, -0.15) is 0 Å². The maximum absolute atomic E-state index is 13.2. The molecule has 3 aromatic rings. The zero-order valence-corrected chi connectivity index (χ0v) is 27.0. The number of carbonyl (C=O) groups excluding carboxylic acids is 3. The van der Waals surface area contributed by atoms with Crippen LogP contribution in [0.15, 0.2) is 91.0 Å². The van der Waals surface area contributed by atoms with Gasteiger partial charge in [0.2, 0.25) is 0 Å². The van der Waals surface area contributed by atoms with Gasteiger partial charge >= 0.3 is 11.9 Å². The van der Waals surface area contributed by atoms with Crippen LogP contribution in [-0.2, 0) is 9.47 Å². The zero-order valence-electron chi connectivity index (χ0n) is 27.0. The molecule has 3 aromatic carbocycles. The van der Waals surface area contributed by atoms with Crippen LogP contribution in [0.1, 0.15) is 128 Å². The Kier molecular flexibility index (Phi) is 17.2. The molecule has 6 nitrogen and oxygen atoms in total. The van der Waals surface area contributed by atoms with Crippen LogP contribution in [-0.4, -0.2) is 36.6 Å². The second kappa shape index (κ2) is 21.7. The van der Waals surface area contributed by atoms with Gasteiger partial charge in [-0.15, -0.1) is 0 Å². The predicted molar refractivity (Wildman–Crippen MR) is 180 cm³/mol. The van der Waals surface area contributed by atoms with Crippen LogP contribution >= 0.6 is 0 Å². The van der Waals surface area contributed by atoms with Crippen molar-refractivity contribution in [2.24, 2.45) is 0 Å². The van der Waals surface area contributed by atoms with E-state index < -0.39 is 24.1 Å². The van der Waals surface area contributed by atoms with E-state index in [0.29, 0.717) is 23.1 Å². The lowest BCUT2D eigenvalue weighted by Crippen LogP contribution is -2.48. The molecule has 0 aliphatic heterocycles. The molecular formula is C39H51NO5. The van der Waals surface area contributed by atoms with Crippen molar-refractivity contribution in [2.45, 2.75) is 109 Å². The summed E-state index contributed by atoms with van der Waals surface area (Å²) in [5, 5.41) is 3.00. The minimum atomic E-state index is -0.727. The Bertz CT molecular complexity index is 1230. The molecular weight excluding hydrogens is 562 g/mol. The van der Waals surface area contributed by atoms with Crippen molar-refractivity contribution in [1.29, 1.82) is 0 Å². The van der Waals surface area contributed by atoms with Gasteiger partial charge in [0.05, 0.1) is 11.1 Å². The standard InChI is InChI=1S/C39H51NO5/c1-2-3-4-5-6-7-8-9-10-11-12-13-23-30-36(45-39(43)34-28-21-16-22-29-34)35(40-37(41)32-24-17-14-18-25-32)31-44-38(42)33-26-19-15-20-27-33/h14-22,24-29,35-36H,2-13,23,30-31H2,1H3,(H,40,41)/t35-,36-/m1/s1. The van der Waals surface area contributed by atoms with E-state index in [-0.39, 0.29) is 12.5 Å². The summed E-state index contributed by atoms with van der Waals surface area (Å²) in [6.45, 7) is 2.13. The van der Waals surface area contributed by atoms with Gasteiger partial charge in [-0.05, 0) is 49.2 Å². The van der Waals surface area contributed by atoms with E-state index in [4.69, 9.17) is 9.47 Å². The Hall–Kier alpha value is -3.93. The molecule has 0 aromatic heterocycles. The Labute approximate surface area is 269 Å². The lowest BCUT2D eigenvalue weighted by atomic mass is 10.0. The first kappa shape index (κ1) is 35.5. The van der Waals surface area contributed by atoms with Crippen molar-refractivity contribution in [2.75, 3.05) is 6.61 Å². The molecule has 0 saturated heterocycles. The van der Waals surface area contributed by atoms with Crippen molar-refractivity contribution >= 4 is 17.8 Å². The van der Waals surface area contributed by atoms with E-state index >= 15 is 0 Å². The smallest absolute Gasteiger partial charge is 0.338 e. The third-order valence-electron chi connectivity index (χ3n) is 8.06. The van der Waals surface area contributed by atoms with Gasteiger partial charge in [0.25, 0.3) is 5.91 Å². The molecule has 0 heterocycles. The third kappa shape index (κ3) is 14.1. The van der Waals surface area contributed by atoms with Gasteiger partial charge in [-0.3, -0.25) is 4.79 Å². The lowest BCUT2D eigenvalue weighted by molar-refractivity contribution is 0.00274. The number of unbranched alkanes of at least 4 members (excludes halogenated alkanes) is 12. The van der Waals surface area contributed by atoms with Crippen molar-refractivity contribution in [1.82, 2.24) is 5.32 Å². The fourth-order valence-electron chi connectivity index (χ4n) is 5.39. The first-order valence-corrected chi connectivity index (χ1v) is 16.9. The van der Waals surface area contributed by atoms with Gasteiger partial charge in [0.15, 0.2) is 0 Å². The maximum atomic E-state index is 13.2. The molecule has 6 heteroatoms. The highest BCUT2D eigenvalue weighted by molar-refractivity contribution is 5.94. The molecule has 242 valence electrons. The van der Waals surface area contributed by atoms with E-state index in [9.17, 15) is 14.4 Å². The quantitative estimate of drug-likeness (QED) is 0.0902. The highest BCUT2D eigenvalue weighted by Gasteiger charge is 2.29. The van der Waals surface area contributed by atoms with E-state index in [0.717, 1.165) is 19.3 Å². The van der Waals surface area contributed by atoms with Crippen molar-refractivity contribution in [3.8, 4) is 0 Å². The number of hydrogen-bond acceptors (Lipinski definition) is 5. The first-order valence-electron chi connectivity index (χ1n) is 16.9. The molecule has 0 fully saturated rings. The molecule has 0 aliphatic carbocycles. The molecule has 0 radical (unpaired) electrons. The second-order valence-corrected chi connectivity index (χ2v) is 11.8. The summed E-state index contributed by atoms with van der Waals surface area (Å²) in [4.78, 5) is 39.2. The normalized spacial score (nSPS) is 12.2. The average Bonchev–Trinajstić information content (AvgIpc) is 3.09. The highest BCUT2D eigenvalue weighted by Crippen LogP contribution is 2.18. The molecule has 3 rings (SSSR count). The summed E-state index contributed by atoms with van der Waals surface area (Å²) in [6, 6.07) is 25.7. The minimum Gasteiger partial charge on any atom is -0.460 e. The molecule has 0 saturated carbocycles. The van der Waals surface area contributed by atoms with E-state index in [2.05, 4.69) is 12.2 Å². The van der Waals surface area contributed by atoms with Crippen molar-refractivity contribution < 1.29 is 23.9 Å². The van der Waals surface area contributed by atoms with Gasteiger partial charge in [0.1, 0.15) is 18.8 Å². The van der Waals surface area contributed by atoms with Gasteiger partial charge in [-0.25, -0.2) is 9.59 Å². The van der Waals surface area contributed by atoms with Crippen molar-refractivity contribution in [3.63, 3.8) is 0 Å². The van der Waals surface area contributed by atoms with Crippen LogP contribution in [0.25, 0.3) is 0 Å². The summed E-state index contributed by atoms with van der Waals surface area (Å²) in [7, 11) is 0. The van der Waals surface area contributed by atoms with E-state index in [1.54, 1.807) is 72.8 Å². The predicted octanol–water partition coefficient (Wildman–Crippen LogP) is 9.35. The van der Waals surface area contributed by atoms with E-state index in [1.807, 2.05) is 18.2 Å². The largest absolute Gasteiger partial charge is 0.460 e. The number of hydrogen-bond donors (Lipinski definition) is 1. The SMILES string of the molecule is CCCCCCCCCCCCCCC[C@@H](OC(=O)c1ccccc1)[C@@H](COC(=O)c1ccccc1)NC(=O)c1ccccc1. The van der Waals surface area contributed by atoms with Gasteiger partial charge in [0, 0.05) is 5.56 Å². The monoisotopic (exact) mass is 613 g/mol. The number of benzene rings is 3. The summed E-state index contributed by atoms with van der Waals surface area (Å²) in [6.07, 6.45) is 15.9. The summed E-state index contributed by atoms with van der Waals surface area (Å²) in [5.74, 6) is -1.28. The fraction of sp³-hybridized carbons (Fsp3) is 0.462. The number of ether oxygens (including phenoxy) is 2. The number of amides is 1. The van der Waals surface area contributed by atoms with Crippen LogP contribution in [0.5, 0.6) is 0 Å². The van der Waals surface area contributed by atoms with Crippen LogP contribution in [0.3, 0.4) is 0 Å². The average molecular weight is 614 g/mol. The number of carbonyl (C=O) groups is 3. The maximum Gasteiger partial charge on any atom is 0.338 e. The van der Waals surface area contributed by atoms with Crippen LogP contribution in [0, 0.1) is 0 Å². The van der Waals surface area contributed by atoms with E-state index in [1.165, 1.54) is 64.2 Å². The molecule has 45 heavy (non-hydrogen) atoms. The number of rotatable bonds is 22. The van der Waals surface area contributed by atoms with Gasteiger partial charge in [-0.1, -0.05) is 139 Å². The molecule has 1 N–H and O–H groups in total. The summed E-state index contributed by atoms with van der Waals surface area (Å²) < 4.78 is 11.7. The Morgan fingerprint density at radius 1 is 0.556 bits per heavy atom. The van der Waals surface area contributed by atoms with Crippen molar-refractivity contribution in [3.05, 3.63) is 108 Å². The second-order valence-electron chi connectivity index (χ2n) is 11.8. The Balaban J connectivity index is 1.60. The Morgan fingerprint density at radius 3 is 1.47 bits per heavy atom. The first-order chi connectivity index (χ1) is 22.1. The van der Waals surface area contributed by atoms with Gasteiger partial charge < -0.3 is 14.8 Å². The highest BCUT2D eigenvalue weighted by atomic mass is 16.6. The number of esters is 2. The van der Waals surface area contributed by atoms with Crippen LogP contribution in [0.4, 0.5) is 0 Å². The molecule has 2 atom stereocenters. The fourth-order valence-corrected chi connectivity index (χ4v) is 5.39. The van der Waals surface area contributed by atoms with Crippen LogP contribution in [0.2, 0.25) is 0 Å². The third-order valence-corrected chi connectivity index (χ3v) is 8.06. The lowest BCUT2D eigenvalue weighted by Gasteiger charge is -2.28. The molecule has 0 unspecified atom stereocenters. The molecule has 0 aliphatic rings. The number of nitrogens with one attached hydrogen (secondary N) is 1. The Morgan fingerprint density at radius 2 is 0.978 bits per heavy atom. The zero-order chi connectivity index (χ0) is 32.0. The molecule has 0 spiro atoms.